The van der Waals surface area contributed by atoms with E-state index in [1.807, 2.05) is 30.5 Å². The topological polar surface area (TPSA) is 105 Å². The fourth-order valence-electron chi connectivity index (χ4n) is 5.18. The Kier molecular flexibility index (Phi) is 8.33. The fraction of sp³-hybridized carbons (Fsp3) is 0.444. The first-order valence-corrected chi connectivity index (χ1v) is 13.5. The van der Waals surface area contributed by atoms with Crippen molar-refractivity contribution in [1.82, 2.24) is 10.6 Å². The van der Waals surface area contributed by atoms with E-state index in [9.17, 15) is 19.5 Å². The van der Waals surface area contributed by atoms with Crippen LogP contribution in [0, 0.1) is 5.92 Å². The van der Waals surface area contributed by atoms with Crippen LogP contribution in [0.15, 0.2) is 48.5 Å². The molecule has 0 radical (unpaired) electrons. The molecule has 0 aromatic heterocycles. The highest BCUT2D eigenvalue weighted by atomic mass is 32.2. The van der Waals surface area contributed by atoms with Crippen molar-refractivity contribution in [1.29, 1.82) is 0 Å². The number of nitrogens with one attached hydrogen (secondary N) is 2. The largest absolute Gasteiger partial charge is 0.480 e. The summed E-state index contributed by atoms with van der Waals surface area (Å²) in [5, 5.41) is 15.0. The summed E-state index contributed by atoms with van der Waals surface area (Å²) < 4.78 is 5.66. The standard InChI is InChI=1S/C27H32N2O5S/c1-35-15-14-24(26(31)32)28-25(30)21-12-6-7-13-23(21)29-27(33)34-16-22-19-10-4-2-8-17(19)18-9-3-5-11-20(18)22/h2-5,8-11,21-24H,6-7,12-16H2,1H3,(H,28,30)(H,29,33)(H,31,32)/t21-,23+,24-/m0/s1. The molecule has 3 atom stereocenters. The molecule has 0 heterocycles. The highest BCUT2D eigenvalue weighted by Crippen LogP contribution is 2.44. The third-order valence-electron chi connectivity index (χ3n) is 6.97. The number of carboxylic acids is 1. The van der Waals surface area contributed by atoms with Gasteiger partial charge in [0.1, 0.15) is 12.6 Å². The predicted octanol–water partition coefficient (Wildman–Crippen LogP) is 4.41. The number of hydrogen-bond acceptors (Lipinski definition) is 5. The minimum Gasteiger partial charge on any atom is -0.480 e. The van der Waals surface area contributed by atoms with Crippen LogP contribution < -0.4 is 10.6 Å². The van der Waals surface area contributed by atoms with E-state index in [1.165, 1.54) is 11.8 Å². The molecule has 4 rings (SSSR count). The Morgan fingerprint density at radius 1 is 1.03 bits per heavy atom. The molecule has 0 unspecified atom stereocenters. The number of aliphatic carboxylic acids is 1. The van der Waals surface area contributed by atoms with Crippen LogP contribution in [0.25, 0.3) is 11.1 Å². The van der Waals surface area contributed by atoms with Crippen molar-refractivity contribution < 1.29 is 24.2 Å². The van der Waals surface area contributed by atoms with Crippen LogP contribution in [-0.2, 0) is 14.3 Å². The molecule has 7 nitrogen and oxygen atoms in total. The molecule has 2 aliphatic rings. The first-order chi connectivity index (χ1) is 17.0. The first-order valence-electron chi connectivity index (χ1n) is 12.1. The van der Waals surface area contributed by atoms with Gasteiger partial charge in [-0.1, -0.05) is 61.4 Å². The Labute approximate surface area is 210 Å². The maximum absolute atomic E-state index is 12.9. The van der Waals surface area contributed by atoms with Gasteiger partial charge in [0.2, 0.25) is 5.91 Å². The number of thioether (sulfide) groups is 1. The second kappa shape index (κ2) is 11.6. The Hall–Kier alpha value is -3.00. The molecule has 3 N–H and O–H groups in total. The number of carbonyl (C=O) groups excluding carboxylic acids is 2. The molecule has 0 bridgehead atoms. The van der Waals surface area contributed by atoms with Gasteiger partial charge in [-0.2, -0.15) is 11.8 Å². The molecule has 186 valence electrons. The van der Waals surface area contributed by atoms with Crippen LogP contribution in [0.5, 0.6) is 0 Å². The van der Waals surface area contributed by atoms with Crippen LogP contribution in [0.1, 0.15) is 49.1 Å². The van der Waals surface area contributed by atoms with Crippen molar-refractivity contribution in [3.63, 3.8) is 0 Å². The van der Waals surface area contributed by atoms with Gasteiger partial charge in [-0.3, -0.25) is 4.79 Å². The van der Waals surface area contributed by atoms with Crippen LogP contribution in [0.2, 0.25) is 0 Å². The molecule has 2 aromatic carbocycles. The van der Waals surface area contributed by atoms with Gasteiger partial charge in [-0.05, 0) is 53.5 Å². The summed E-state index contributed by atoms with van der Waals surface area (Å²) in [6.07, 6.45) is 4.74. The maximum atomic E-state index is 12.9. The molecule has 2 aliphatic carbocycles. The van der Waals surface area contributed by atoms with Crippen LogP contribution in [0.3, 0.4) is 0 Å². The lowest BCUT2D eigenvalue weighted by Gasteiger charge is -2.31. The molecule has 0 aliphatic heterocycles. The number of ether oxygens (including phenoxy) is 1. The molecule has 1 saturated carbocycles. The van der Waals surface area contributed by atoms with E-state index in [2.05, 4.69) is 34.9 Å². The van der Waals surface area contributed by atoms with Crippen molar-refractivity contribution in [3.05, 3.63) is 59.7 Å². The van der Waals surface area contributed by atoms with E-state index >= 15 is 0 Å². The zero-order valence-electron chi connectivity index (χ0n) is 19.9. The molecule has 0 spiro atoms. The van der Waals surface area contributed by atoms with Gasteiger partial charge in [-0.25, -0.2) is 9.59 Å². The number of amides is 2. The minimum atomic E-state index is -1.04. The zero-order chi connectivity index (χ0) is 24.8. The molecule has 0 saturated heterocycles. The summed E-state index contributed by atoms with van der Waals surface area (Å²) >= 11 is 1.54. The normalized spacial score (nSPS) is 19.8. The number of hydrogen-bond donors (Lipinski definition) is 3. The Balaban J connectivity index is 1.37. The lowest BCUT2D eigenvalue weighted by Crippen LogP contribution is -2.52. The summed E-state index contributed by atoms with van der Waals surface area (Å²) in [5.74, 6) is -1.22. The van der Waals surface area contributed by atoms with E-state index in [0.717, 1.165) is 35.1 Å². The third-order valence-corrected chi connectivity index (χ3v) is 7.62. The van der Waals surface area contributed by atoms with Crippen LogP contribution >= 0.6 is 11.8 Å². The van der Waals surface area contributed by atoms with E-state index in [4.69, 9.17) is 4.74 Å². The third kappa shape index (κ3) is 5.81. The van der Waals surface area contributed by atoms with Crippen LogP contribution in [0.4, 0.5) is 4.79 Å². The van der Waals surface area contributed by atoms with Crippen molar-refractivity contribution in [2.24, 2.45) is 5.92 Å². The van der Waals surface area contributed by atoms with Crippen LogP contribution in [-0.4, -0.2) is 53.8 Å². The minimum absolute atomic E-state index is 0.0358. The molecule has 35 heavy (non-hydrogen) atoms. The number of rotatable bonds is 9. The second-order valence-electron chi connectivity index (χ2n) is 9.15. The average molecular weight is 497 g/mol. The lowest BCUT2D eigenvalue weighted by atomic mass is 9.83. The Morgan fingerprint density at radius 2 is 1.66 bits per heavy atom. The van der Waals surface area contributed by atoms with Gasteiger partial charge in [0.25, 0.3) is 0 Å². The zero-order valence-corrected chi connectivity index (χ0v) is 20.7. The summed E-state index contributed by atoms with van der Waals surface area (Å²) in [6, 6.07) is 15.0. The SMILES string of the molecule is CSCC[C@H](NC(=O)[C@H]1CCCC[C@H]1NC(=O)OCC1c2ccccc2-c2ccccc21)C(=O)O. The van der Waals surface area contributed by atoms with E-state index < -0.39 is 24.0 Å². The average Bonchev–Trinajstić information content (AvgIpc) is 3.19. The maximum Gasteiger partial charge on any atom is 0.407 e. The van der Waals surface area contributed by atoms with Crippen molar-refractivity contribution in [2.45, 2.75) is 50.1 Å². The molecular formula is C27H32N2O5S. The Morgan fingerprint density at radius 3 is 2.29 bits per heavy atom. The second-order valence-corrected chi connectivity index (χ2v) is 10.1. The van der Waals surface area contributed by atoms with Gasteiger partial charge in [0.15, 0.2) is 0 Å². The van der Waals surface area contributed by atoms with Gasteiger partial charge < -0.3 is 20.5 Å². The van der Waals surface area contributed by atoms with E-state index in [0.29, 0.717) is 25.0 Å². The molecule has 2 aromatic rings. The Bertz CT molecular complexity index is 1030. The quantitative estimate of drug-likeness (QED) is 0.475. The number of carboxylic acid groups (broad SMARTS) is 1. The number of benzene rings is 2. The van der Waals surface area contributed by atoms with E-state index in [-0.39, 0.29) is 24.5 Å². The molecule has 1 fully saturated rings. The highest BCUT2D eigenvalue weighted by molar-refractivity contribution is 7.98. The summed E-state index contributed by atoms with van der Waals surface area (Å²) in [6.45, 7) is 0.208. The molecular weight excluding hydrogens is 464 g/mol. The fourth-order valence-corrected chi connectivity index (χ4v) is 5.65. The van der Waals surface area contributed by atoms with Gasteiger partial charge in [0, 0.05) is 12.0 Å². The number of carbonyl (C=O) groups is 3. The molecule has 2 amide bonds. The summed E-state index contributed by atoms with van der Waals surface area (Å²) in [7, 11) is 0. The van der Waals surface area contributed by atoms with Gasteiger partial charge >= 0.3 is 12.1 Å². The van der Waals surface area contributed by atoms with Crippen molar-refractivity contribution in [2.75, 3.05) is 18.6 Å². The highest BCUT2D eigenvalue weighted by Gasteiger charge is 2.35. The smallest absolute Gasteiger partial charge is 0.407 e. The van der Waals surface area contributed by atoms with Crippen molar-refractivity contribution >= 4 is 29.7 Å². The lowest BCUT2D eigenvalue weighted by molar-refractivity contribution is -0.142. The molecule has 8 heteroatoms. The van der Waals surface area contributed by atoms with Crippen molar-refractivity contribution in [3.8, 4) is 11.1 Å². The van der Waals surface area contributed by atoms with Gasteiger partial charge in [0.05, 0.1) is 5.92 Å². The number of fused-ring (bicyclic) bond motifs is 3. The first kappa shape index (κ1) is 25.1. The monoisotopic (exact) mass is 496 g/mol. The summed E-state index contributed by atoms with van der Waals surface area (Å²) in [4.78, 5) is 37.3. The predicted molar refractivity (Wildman–Crippen MR) is 137 cm³/mol. The summed E-state index contributed by atoms with van der Waals surface area (Å²) in [5.41, 5.74) is 4.61. The van der Waals surface area contributed by atoms with Gasteiger partial charge in [-0.15, -0.1) is 0 Å². The van der Waals surface area contributed by atoms with E-state index in [1.54, 1.807) is 0 Å². The number of alkyl carbamates (subject to hydrolysis) is 1.